The molecule has 0 radical (unpaired) electrons. The summed E-state index contributed by atoms with van der Waals surface area (Å²) in [4.78, 5) is 15.6. The van der Waals surface area contributed by atoms with Crippen LogP contribution in [0.5, 0.6) is 11.5 Å². The molecule has 4 nitrogen and oxygen atoms in total. The summed E-state index contributed by atoms with van der Waals surface area (Å²) in [6.45, 7) is 2.35. The Balaban J connectivity index is 2.19. The summed E-state index contributed by atoms with van der Waals surface area (Å²) in [6.07, 6.45) is 1.48. The molecule has 0 bridgehead atoms. The number of ether oxygens (including phenoxy) is 1. The summed E-state index contributed by atoms with van der Waals surface area (Å²) in [5, 5.41) is 2.66. The molecule has 6 heteroatoms. The molecule has 1 aromatic heterocycles. The van der Waals surface area contributed by atoms with E-state index in [0.717, 1.165) is 0 Å². The van der Waals surface area contributed by atoms with Gasteiger partial charge in [0.2, 0.25) is 0 Å². The molecule has 0 fully saturated rings. The van der Waals surface area contributed by atoms with E-state index in [9.17, 15) is 9.18 Å². The minimum absolute atomic E-state index is 0.266. The Kier molecular flexibility index (Phi) is 4.68. The van der Waals surface area contributed by atoms with Crippen molar-refractivity contribution in [2.45, 2.75) is 6.92 Å². The molecule has 0 atom stereocenters. The van der Waals surface area contributed by atoms with Crippen LogP contribution < -0.4 is 10.1 Å². The number of amides is 1. The van der Waals surface area contributed by atoms with Crippen LogP contribution in [0.15, 0.2) is 41.0 Å². The summed E-state index contributed by atoms with van der Waals surface area (Å²) in [5.74, 6) is 0.291. The van der Waals surface area contributed by atoms with Crippen LogP contribution >= 0.6 is 15.9 Å². The van der Waals surface area contributed by atoms with Crippen molar-refractivity contribution in [1.82, 2.24) is 10.3 Å². The van der Waals surface area contributed by atoms with Crippen LogP contribution in [0.4, 0.5) is 4.39 Å². The zero-order valence-corrected chi connectivity index (χ0v) is 12.3. The highest BCUT2D eigenvalue weighted by molar-refractivity contribution is 9.10. The lowest BCUT2D eigenvalue weighted by molar-refractivity contribution is 0.0950. The minimum Gasteiger partial charge on any atom is -0.457 e. The Morgan fingerprint density at radius 2 is 2.10 bits per heavy atom. The van der Waals surface area contributed by atoms with Crippen molar-refractivity contribution in [1.29, 1.82) is 0 Å². The van der Waals surface area contributed by atoms with Gasteiger partial charge in [-0.3, -0.25) is 9.78 Å². The second-order valence-electron chi connectivity index (χ2n) is 3.91. The van der Waals surface area contributed by atoms with Gasteiger partial charge in [-0.15, -0.1) is 0 Å². The van der Waals surface area contributed by atoms with Gasteiger partial charge in [-0.2, -0.15) is 0 Å². The lowest BCUT2D eigenvalue weighted by atomic mass is 10.3. The number of hydrogen-bond acceptors (Lipinski definition) is 3. The molecule has 0 aliphatic rings. The fourth-order valence-electron chi connectivity index (χ4n) is 1.53. The Morgan fingerprint density at radius 3 is 2.80 bits per heavy atom. The smallest absolute Gasteiger partial charge is 0.270 e. The first-order valence-corrected chi connectivity index (χ1v) is 6.76. The first-order chi connectivity index (χ1) is 9.60. The summed E-state index contributed by atoms with van der Waals surface area (Å²) < 4.78 is 19.0. The minimum atomic E-state index is -0.366. The Labute approximate surface area is 124 Å². The normalized spacial score (nSPS) is 10.2. The van der Waals surface area contributed by atoms with E-state index in [1.807, 2.05) is 6.92 Å². The Morgan fingerprint density at radius 1 is 1.35 bits per heavy atom. The van der Waals surface area contributed by atoms with Gasteiger partial charge in [-0.1, -0.05) is 0 Å². The maximum atomic E-state index is 13.1. The zero-order valence-electron chi connectivity index (χ0n) is 10.7. The number of benzene rings is 1. The number of pyridine rings is 1. The summed E-state index contributed by atoms with van der Waals surface area (Å²) >= 11 is 3.09. The van der Waals surface area contributed by atoms with Crippen molar-refractivity contribution in [2.24, 2.45) is 0 Å². The second kappa shape index (κ2) is 6.47. The lowest BCUT2D eigenvalue weighted by Gasteiger charge is -2.07. The van der Waals surface area contributed by atoms with E-state index in [2.05, 4.69) is 26.2 Å². The molecule has 2 rings (SSSR count). The number of rotatable bonds is 4. The van der Waals surface area contributed by atoms with Crippen molar-refractivity contribution < 1.29 is 13.9 Å². The average Bonchev–Trinajstić information content (AvgIpc) is 2.43. The molecule has 1 aromatic carbocycles. The van der Waals surface area contributed by atoms with Crippen LogP contribution in [0.25, 0.3) is 0 Å². The standard InChI is InChI=1S/C14H12BrFN2O2/c1-2-17-14(19)13-8-10(5-6-18-13)20-9-3-4-12(16)11(15)7-9/h3-8H,2H2,1H3,(H,17,19). The van der Waals surface area contributed by atoms with E-state index in [1.54, 1.807) is 6.07 Å². The average molecular weight is 339 g/mol. The number of halogens is 2. The summed E-state index contributed by atoms with van der Waals surface area (Å²) in [6, 6.07) is 7.47. The number of nitrogens with one attached hydrogen (secondary N) is 1. The van der Waals surface area contributed by atoms with E-state index in [1.165, 1.54) is 30.5 Å². The van der Waals surface area contributed by atoms with Crippen molar-refractivity contribution >= 4 is 21.8 Å². The molecule has 0 aliphatic heterocycles. The molecule has 1 N–H and O–H groups in total. The van der Waals surface area contributed by atoms with Gasteiger partial charge in [-0.25, -0.2) is 4.39 Å². The van der Waals surface area contributed by atoms with Gasteiger partial charge in [0.15, 0.2) is 0 Å². The largest absolute Gasteiger partial charge is 0.457 e. The van der Waals surface area contributed by atoms with Crippen molar-refractivity contribution in [3.8, 4) is 11.5 Å². The lowest BCUT2D eigenvalue weighted by Crippen LogP contribution is -2.23. The van der Waals surface area contributed by atoms with Crippen molar-refractivity contribution in [3.05, 3.63) is 52.5 Å². The fourth-order valence-corrected chi connectivity index (χ4v) is 1.88. The molecule has 1 heterocycles. The molecule has 0 saturated heterocycles. The topological polar surface area (TPSA) is 51.2 Å². The first-order valence-electron chi connectivity index (χ1n) is 5.97. The molecule has 0 unspecified atom stereocenters. The molecule has 20 heavy (non-hydrogen) atoms. The zero-order chi connectivity index (χ0) is 14.5. The SMILES string of the molecule is CCNC(=O)c1cc(Oc2ccc(F)c(Br)c2)ccn1. The second-order valence-corrected chi connectivity index (χ2v) is 4.77. The highest BCUT2D eigenvalue weighted by Crippen LogP contribution is 2.26. The number of hydrogen-bond donors (Lipinski definition) is 1. The van der Waals surface area contributed by atoms with Gasteiger partial charge in [0.25, 0.3) is 5.91 Å². The van der Waals surface area contributed by atoms with Crippen LogP contribution in [0, 0.1) is 5.82 Å². The van der Waals surface area contributed by atoms with E-state index in [0.29, 0.717) is 22.5 Å². The maximum absolute atomic E-state index is 13.1. The highest BCUT2D eigenvalue weighted by atomic mass is 79.9. The van der Waals surface area contributed by atoms with Gasteiger partial charge in [0, 0.05) is 18.8 Å². The molecular weight excluding hydrogens is 327 g/mol. The predicted octanol–water partition coefficient (Wildman–Crippen LogP) is 3.53. The molecule has 2 aromatic rings. The first kappa shape index (κ1) is 14.5. The third kappa shape index (κ3) is 3.54. The molecule has 0 aliphatic carbocycles. The third-order valence-corrected chi connectivity index (χ3v) is 3.04. The quantitative estimate of drug-likeness (QED) is 0.927. The van der Waals surface area contributed by atoms with E-state index < -0.39 is 0 Å². The third-order valence-electron chi connectivity index (χ3n) is 2.43. The van der Waals surface area contributed by atoms with Crippen molar-refractivity contribution in [3.63, 3.8) is 0 Å². The molecule has 0 saturated carbocycles. The molecular formula is C14H12BrFN2O2. The van der Waals surface area contributed by atoms with Gasteiger partial charge in [0.05, 0.1) is 4.47 Å². The van der Waals surface area contributed by atoms with Crippen LogP contribution in [0.3, 0.4) is 0 Å². The molecule has 1 amide bonds. The van der Waals surface area contributed by atoms with E-state index in [-0.39, 0.29) is 17.4 Å². The fraction of sp³-hybridized carbons (Fsp3) is 0.143. The van der Waals surface area contributed by atoms with E-state index >= 15 is 0 Å². The van der Waals surface area contributed by atoms with Gasteiger partial charge in [0.1, 0.15) is 23.0 Å². The molecule has 104 valence electrons. The number of aromatic nitrogens is 1. The number of carbonyl (C=O) groups excluding carboxylic acids is 1. The molecule has 0 spiro atoms. The van der Waals surface area contributed by atoms with Crippen LogP contribution in [0.1, 0.15) is 17.4 Å². The summed E-state index contributed by atoms with van der Waals surface area (Å²) in [7, 11) is 0. The van der Waals surface area contributed by atoms with Crippen LogP contribution in [-0.2, 0) is 0 Å². The monoisotopic (exact) mass is 338 g/mol. The number of carbonyl (C=O) groups is 1. The number of nitrogens with zero attached hydrogens (tertiary/aromatic N) is 1. The van der Waals surface area contributed by atoms with Crippen LogP contribution in [-0.4, -0.2) is 17.4 Å². The summed E-state index contributed by atoms with van der Waals surface area (Å²) in [5.41, 5.74) is 0.269. The van der Waals surface area contributed by atoms with Crippen molar-refractivity contribution in [2.75, 3.05) is 6.54 Å². The maximum Gasteiger partial charge on any atom is 0.270 e. The Hall–Kier alpha value is -1.95. The van der Waals surface area contributed by atoms with Gasteiger partial charge >= 0.3 is 0 Å². The van der Waals surface area contributed by atoms with Crippen LogP contribution in [0.2, 0.25) is 0 Å². The van der Waals surface area contributed by atoms with Gasteiger partial charge in [-0.05, 0) is 47.1 Å². The predicted molar refractivity (Wildman–Crippen MR) is 76.4 cm³/mol. The Bertz CT molecular complexity index is 634. The highest BCUT2D eigenvalue weighted by Gasteiger charge is 2.08. The van der Waals surface area contributed by atoms with E-state index in [4.69, 9.17) is 4.74 Å². The van der Waals surface area contributed by atoms with Gasteiger partial charge < -0.3 is 10.1 Å².